The van der Waals surface area contributed by atoms with E-state index in [0.717, 1.165) is 19.0 Å². The first-order chi connectivity index (χ1) is 6.90. The molecule has 0 aromatic heterocycles. The molecule has 1 rings (SSSR count). The average molecular weight is 250 g/mol. The van der Waals surface area contributed by atoms with Crippen LogP contribution < -0.4 is 5.73 Å². The highest BCUT2D eigenvalue weighted by Crippen LogP contribution is 2.18. The molecule has 1 aliphatic rings. The summed E-state index contributed by atoms with van der Waals surface area (Å²) in [5.74, 6) is 0.845. The molecule has 0 radical (unpaired) electrons. The molecule has 0 bridgehead atoms. The van der Waals surface area contributed by atoms with E-state index in [1.807, 2.05) is 0 Å². The van der Waals surface area contributed by atoms with E-state index < -0.39 is 0 Å². The van der Waals surface area contributed by atoms with Gasteiger partial charge in [-0.05, 0) is 46.3 Å². The molecule has 0 amide bonds. The standard InChI is InChI=1S/C12H27N3.ClH/c1-5-14(4)8-11-6-7-15(9-11)10-12(2,3)13;/h11H,5-10,13H2,1-4H3;1H. The quantitative estimate of drug-likeness (QED) is 0.800. The topological polar surface area (TPSA) is 32.5 Å². The summed E-state index contributed by atoms with van der Waals surface area (Å²) >= 11 is 0. The van der Waals surface area contributed by atoms with E-state index in [1.54, 1.807) is 0 Å². The molecule has 98 valence electrons. The summed E-state index contributed by atoms with van der Waals surface area (Å²) in [6.07, 6.45) is 1.33. The molecule has 0 saturated carbocycles. The summed E-state index contributed by atoms with van der Waals surface area (Å²) in [7, 11) is 2.20. The molecule has 1 saturated heterocycles. The van der Waals surface area contributed by atoms with Crippen molar-refractivity contribution in [3.63, 3.8) is 0 Å². The summed E-state index contributed by atoms with van der Waals surface area (Å²) < 4.78 is 0. The molecule has 16 heavy (non-hydrogen) atoms. The summed E-state index contributed by atoms with van der Waals surface area (Å²) in [4.78, 5) is 4.91. The van der Waals surface area contributed by atoms with Gasteiger partial charge >= 0.3 is 0 Å². The Kier molecular flexibility index (Phi) is 6.87. The van der Waals surface area contributed by atoms with E-state index in [-0.39, 0.29) is 17.9 Å². The van der Waals surface area contributed by atoms with Crippen LogP contribution in [-0.2, 0) is 0 Å². The van der Waals surface area contributed by atoms with Gasteiger partial charge in [-0.15, -0.1) is 12.4 Å². The van der Waals surface area contributed by atoms with Gasteiger partial charge in [-0.2, -0.15) is 0 Å². The Hall–Kier alpha value is 0.170. The first-order valence-electron chi connectivity index (χ1n) is 6.10. The largest absolute Gasteiger partial charge is 0.324 e. The van der Waals surface area contributed by atoms with Crippen molar-refractivity contribution < 1.29 is 0 Å². The highest BCUT2D eigenvalue weighted by atomic mass is 35.5. The van der Waals surface area contributed by atoms with Crippen molar-refractivity contribution in [2.45, 2.75) is 32.7 Å². The van der Waals surface area contributed by atoms with Crippen LogP contribution in [0.2, 0.25) is 0 Å². The maximum atomic E-state index is 6.04. The summed E-state index contributed by atoms with van der Waals surface area (Å²) in [6, 6.07) is 0. The first kappa shape index (κ1) is 16.2. The highest BCUT2D eigenvalue weighted by Gasteiger charge is 2.26. The van der Waals surface area contributed by atoms with Crippen LogP contribution >= 0.6 is 12.4 Å². The number of hydrogen-bond donors (Lipinski definition) is 1. The van der Waals surface area contributed by atoms with Gasteiger partial charge in [0.05, 0.1) is 0 Å². The van der Waals surface area contributed by atoms with Crippen LogP contribution in [0, 0.1) is 5.92 Å². The molecule has 0 aromatic rings. The van der Waals surface area contributed by atoms with Crippen LogP contribution in [0.4, 0.5) is 0 Å². The first-order valence-corrected chi connectivity index (χ1v) is 6.10. The van der Waals surface area contributed by atoms with Gasteiger partial charge in [0.25, 0.3) is 0 Å². The van der Waals surface area contributed by atoms with Crippen molar-refractivity contribution in [1.29, 1.82) is 0 Å². The lowest BCUT2D eigenvalue weighted by molar-refractivity contribution is 0.243. The van der Waals surface area contributed by atoms with Crippen molar-refractivity contribution in [2.24, 2.45) is 11.7 Å². The normalized spacial score (nSPS) is 22.5. The molecule has 1 fully saturated rings. The summed E-state index contributed by atoms with van der Waals surface area (Å²) in [6.45, 7) is 12.3. The Morgan fingerprint density at radius 2 is 2.06 bits per heavy atom. The second-order valence-corrected chi connectivity index (χ2v) is 5.73. The Morgan fingerprint density at radius 1 is 1.44 bits per heavy atom. The molecule has 1 heterocycles. The highest BCUT2D eigenvalue weighted by molar-refractivity contribution is 5.85. The number of likely N-dealkylation sites (tertiary alicyclic amines) is 1. The molecule has 4 heteroatoms. The number of rotatable bonds is 5. The zero-order chi connectivity index (χ0) is 11.5. The fraction of sp³-hybridized carbons (Fsp3) is 1.00. The number of halogens is 1. The third kappa shape index (κ3) is 6.04. The third-order valence-electron chi connectivity index (χ3n) is 3.11. The molecular weight excluding hydrogens is 222 g/mol. The SMILES string of the molecule is CCN(C)CC1CCN(CC(C)(C)N)C1.Cl. The Bertz CT molecular complexity index is 191. The lowest BCUT2D eigenvalue weighted by Crippen LogP contribution is -2.44. The maximum Gasteiger partial charge on any atom is 0.0226 e. The Balaban J connectivity index is 0.00000225. The van der Waals surface area contributed by atoms with Crippen molar-refractivity contribution in [3.05, 3.63) is 0 Å². The summed E-state index contributed by atoms with van der Waals surface area (Å²) in [5, 5.41) is 0. The number of nitrogens with zero attached hydrogens (tertiary/aromatic N) is 2. The minimum absolute atomic E-state index is 0. The van der Waals surface area contributed by atoms with Gasteiger partial charge in [-0.3, -0.25) is 0 Å². The smallest absolute Gasteiger partial charge is 0.0226 e. The van der Waals surface area contributed by atoms with Gasteiger partial charge < -0.3 is 15.5 Å². The lowest BCUT2D eigenvalue weighted by atomic mass is 10.1. The van der Waals surface area contributed by atoms with E-state index >= 15 is 0 Å². The van der Waals surface area contributed by atoms with Gasteiger partial charge in [-0.1, -0.05) is 6.92 Å². The predicted octanol–water partition coefficient (Wildman–Crippen LogP) is 1.42. The van der Waals surface area contributed by atoms with E-state index in [1.165, 1.54) is 26.1 Å². The third-order valence-corrected chi connectivity index (χ3v) is 3.11. The monoisotopic (exact) mass is 249 g/mol. The van der Waals surface area contributed by atoms with Crippen LogP contribution in [0.5, 0.6) is 0 Å². The van der Waals surface area contributed by atoms with Crippen LogP contribution in [-0.4, -0.2) is 55.1 Å². The van der Waals surface area contributed by atoms with Crippen LogP contribution in [0.25, 0.3) is 0 Å². The fourth-order valence-corrected chi connectivity index (χ4v) is 2.35. The number of nitrogens with two attached hydrogens (primary N) is 1. The van der Waals surface area contributed by atoms with Crippen molar-refractivity contribution >= 4 is 12.4 Å². The van der Waals surface area contributed by atoms with Gasteiger partial charge in [0.2, 0.25) is 0 Å². The van der Waals surface area contributed by atoms with Gasteiger partial charge in [-0.25, -0.2) is 0 Å². The second-order valence-electron chi connectivity index (χ2n) is 5.73. The van der Waals surface area contributed by atoms with Crippen molar-refractivity contribution in [2.75, 3.05) is 39.8 Å². The zero-order valence-electron chi connectivity index (χ0n) is 11.2. The molecule has 0 aromatic carbocycles. The molecular formula is C12H28ClN3. The zero-order valence-corrected chi connectivity index (χ0v) is 12.0. The fourth-order valence-electron chi connectivity index (χ4n) is 2.35. The van der Waals surface area contributed by atoms with Crippen molar-refractivity contribution in [3.8, 4) is 0 Å². The molecule has 2 N–H and O–H groups in total. The summed E-state index contributed by atoms with van der Waals surface area (Å²) in [5.41, 5.74) is 5.99. The maximum absolute atomic E-state index is 6.04. The van der Waals surface area contributed by atoms with Gasteiger partial charge in [0.15, 0.2) is 0 Å². The van der Waals surface area contributed by atoms with Gasteiger partial charge in [0.1, 0.15) is 0 Å². The molecule has 1 unspecified atom stereocenters. The number of hydrogen-bond acceptors (Lipinski definition) is 3. The van der Waals surface area contributed by atoms with E-state index in [2.05, 4.69) is 37.6 Å². The minimum Gasteiger partial charge on any atom is -0.324 e. The lowest BCUT2D eigenvalue weighted by Gasteiger charge is -2.26. The molecule has 1 atom stereocenters. The van der Waals surface area contributed by atoms with E-state index in [4.69, 9.17) is 5.73 Å². The molecule has 3 nitrogen and oxygen atoms in total. The molecule has 0 spiro atoms. The van der Waals surface area contributed by atoms with Gasteiger partial charge in [0, 0.05) is 25.2 Å². The Labute approximate surface area is 107 Å². The molecule has 0 aliphatic carbocycles. The van der Waals surface area contributed by atoms with Crippen molar-refractivity contribution in [1.82, 2.24) is 9.80 Å². The Morgan fingerprint density at radius 3 is 2.56 bits per heavy atom. The molecule has 1 aliphatic heterocycles. The van der Waals surface area contributed by atoms with E-state index in [0.29, 0.717) is 0 Å². The average Bonchev–Trinajstić information content (AvgIpc) is 2.49. The predicted molar refractivity (Wildman–Crippen MR) is 73.2 cm³/mol. The van der Waals surface area contributed by atoms with Crippen LogP contribution in [0.1, 0.15) is 27.2 Å². The minimum atomic E-state index is -0.0501. The van der Waals surface area contributed by atoms with Crippen LogP contribution in [0.15, 0.2) is 0 Å². The van der Waals surface area contributed by atoms with Crippen LogP contribution in [0.3, 0.4) is 0 Å². The van der Waals surface area contributed by atoms with E-state index in [9.17, 15) is 0 Å². The second kappa shape index (κ2) is 6.80.